The van der Waals surface area contributed by atoms with Crippen molar-refractivity contribution in [1.82, 2.24) is 15.5 Å². The van der Waals surface area contributed by atoms with Crippen LogP contribution < -0.4 is 10.2 Å². The van der Waals surface area contributed by atoms with Gasteiger partial charge in [-0.15, -0.1) is 0 Å². The third-order valence-electron chi connectivity index (χ3n) is 4.31. The second kappa shape index (κ2) is 6.31. The van der Waals surface area contributed by atoms with Crippen LogP contribution in [0.5, 0.6) is 0 Å². The van der Waals surface area contributed by atoms with E-state index in [2.05, 4.69) is 20.4 Å². The minimum atomic E-state index is -0.0260. The average Bonchev–Trinajstić information content (AvgIpc) is 3.23. The SMILES string of the molecule is O=C(Cc1noc2ccccc12)NC1CCN(c2ccccn2)C1. The van der Waals surface area contributed by atoms with Crippen molar-refractivity contribution >= 4 is 22.7 Å². The number of nitrogens with one attached hydrogen (secondary N) is 1. The van der Waals surface area contributed by atoms with Crippen LogP contribution >= 0.6 is 0 Å². The molecular formula is C18H18N4O2. The fourth-order valence-corrected chi connectivity index (χ4v) is 3.12. The fourth-order valence-electron chi connectivity index (χ4n) is 3.12. The Hall–Kier alpha value is -2.89. The van der Waals surface area contributed by atoms with E-state index in [0.717, 1.165) is 30.7 Å². The molecule has 1 aromatic carbocycles. The summed E-state index contributed by atoms with van der Waals surface area (Å²) in [4.78, 5) is 18.9. The first-order chi connectivity index (χ1) is 11.8. The van der Waals surface area contributed by atoms with E-state index in [-0.39, 0.29) is 18.4 Å². The second-order valence-corrected chi connectivity index (χ2v) is 5.99. The van der Waals surface area contributed by atoms with Crippen molar-refractivity contribution in [3.05, 3.63) is 54.4 Å². The smallest absolute Gasteiger partial charge is 0.226 e. The van der Waals surface area contributed by atoms with E-state index in [1.165, 1.54) is 0 Å². The van der Waals surface area contributed by atoms with Gasteiger partial charge in [0.2, 0.25) is 5.91 Å². The number of carbonyl (C=O) groups excluding carboxylic acids is 1. The normalized spacial score (nSPS) is 17.3. The molecule has 24 heavy (non-hydrogen) atoms. The van der Waals surface area contributed by atoms with Gasteiger partial charge in [-0.2, -0.15) is 0 Å². The number of fused-ring (bicyclic) bond motifs is 1. The molecule has 1 aliphatic heterocycles. The zero-order chi connectivity index (χ0) is 16.4. The molecule has 0 aliphatic carbocycles. The fraction of sp³-hybridized carbons (Fsp3) is 0.278. The van der Waals surface area contributed by atoms with Gasteiger partial charge in [0.05, 0.1) is 6.42 Å². The Morgan fingerprint density at radius 1 is 1.25 bits per heavy atom. The predicted octanol–water partition coefficient (Wildman–Crippen LogP) is 2.16. The van der Waals surface area contributed by atoms with Crippen LogP contribution in [0.2, 0.25) is 0 Å². The molecule has 1 N–H and O–H groups in total. The van der Waals surface area contributed by atoms with Gasteiger partial charge in [0.25, 0.3) is 0 Å². The molecule has 3 heterocycles. The topological polar surface area (TPSA) is 71.3 Å². The van der Waals surface area contributed by atoms with Crippen LogP contribution in [-0.4, -0.2) is 35.2 Å². The first kappa shape index (κ1) is 14.7. The molecule has 1 aliphatic rings. The third-order valence-corrected chi connectivity index (χ3v) is 4.31. The number of carbonyl (C=O) groups is 1. The van der Waals surface area contributed by atoms with Crippen molar-refractivity contribution in [2.24, 2.45) is 0 Å². The summed E-state index contributed by atoms with van der Waals surface area (Å²) >= 11 is 0. The highest BCUT2D eigenvalue weighted by atomic mass is 16.5. The van der Waals surface area contributed by atoms with Crippen LogP contribution in [0.4, 0.5) is 5.82 Å². The lowest BCUT2D eigenvalue weighted by Crippen LogP contribution is -2.38. The summed E-state index contributed by atoms with van der Waals surface area (Å²) in [6.45, 7) is 1.68. The van der Waals surface area contributed by atoms with E-state index in [4.69, 9.17) is 4.52 Å². The first-order valence-corrected chi connectivity index (χ1v) is 8.08. The predicted molar refractivity (Wildman–Crippen MR) is 90.7 cm³/mol. The molecule has 2 aromatic heterocycles. The Morgan fingerprint density at radius 2 is 2.12 bits per heavy atom. The minimum absolute atomic E-state index is 0.0260. The van der Waals surface area contributed by atoms with Gasteiger partial charge in [0, 0.05) is 30.7 Å². The van der Waals surface area contributed by atoms with E-state index in [0.29, 0.717) is 11.3 Å². The van der Waals surface area contributed by atoms with Gasteiger partial charge in [0.1, 0.15) is 11.5 Å². The Kier molecular flexibility index (Phi) is 3.86. The van der Waals surface area contributed by atoms with Gasteiger partial charge in [-0.3, -0.25) is 4.79 Å². The maximum atomic E-state index is 12.3. The van der Waals surface area contributed by atoms with Crippen molar-refractivity contribution in [2.75, 3.05) is 18.0 Å². The van der Waals surface area contributed by atoms with E-state index in [1.54, 1.807) is 6.20 Å². The average molecular weight is 322 g/mol. The van der Waals surface area contributed by atoms with Gasteiger partial charge in [-0.05, 0) is 30.7 Å². The second-order valence-electron chi connectivity index (χ2n) is 5.99. The number of benzene rings is 1. The largest absolute Gasteiger partial charge is 0.356 e. The molecule has 4 rings (SSSR count). The first-order valence-electron chi connectivity index (χ1n) is 8.08. The molecule has 1 amide bonds. The van der Waals surface area contributed by atoms with Gasteiger partial charge in [0.15, 0.2) is 5.58 Å². The number of anilines is 1. The molecule has 1 unspecified atom stereocenters. The molecule has 1 saturated heterocycles. The summed E-state index contributed by atoms with van der Waals surface area (Å²) in [6, 6.07) is 13.6. The molecule has 6 nitrogen and oxygen atoms in total. The molecule has 0 bridgehead atoms. The van der Waals surface area contributed by atoms with Crippen molar-refractivity contribution in [3.8, 4) is 0 Å². The molecule has 1 fully saturated rings. The number of pyridine rings is 1. The van der Waals surface area contributed by atoms with Crippen LogP contribution in [0.25, 0.3) is 11.0 Å². The van der Waals surface area contributed by atoms with Gasteiger partial charge < -0.3 is 14.7 Å². The Balaban J connectivity index is 1.37. The van der Waals surface area contributed by atoms with Crippen LogP contribution in [0.3, 0.4) is 0 Å². The highest BCUT2D eigenvalue weighted by Gasteiger charge is 2.25. The van der Waals surface area contributed by atoms with Crippen molar-refractivity contribution in [3.63, 3.8) is 0 Å². The minimum Gasteiger partial charge on any atom is -0.356 e. The highest BCUT2D eigenvalue weighted by Crippen LogP contribution is 2.19. The van der Waals surface area contributed by atoms with E-state index >= 15 is 0 Å². The maximum absolute atomic E-state index is 12.3. The quantitative estimate of drug-likeness (QED) is 0.797. The lowest BCUT2D eigenvalue weighted by molar-refractivity contribution is -0.121. The zero-order valence-corrected chi connectivity index (χ0v) is 13.2. The lowest BCUT2D eigenvalue weighted by atomic mass is 10.1. The number of aromatic nitrogens is 2. The molecule has 1 atom stereocenters. The summed E-state index contributed by atoms with van der Waals surface area (Å²) in [6.07, 6.45) is 2.94. The zero-order valence-electron chi connectivity index (χ0n) is 13.2. The van der Waals surface area contributed by atoms with Crippen molar-refractivity contribution in [1.29, 1.82) is 0 Å². The summed E-state index contributed by atoms with van der Waals surface area (Å²) < 4.78 is 5.25. The molecule has 0 radical (unpaired) electrons. The lowest BCUT2D eigenvalue weighted by Gasteiger charge is -2.17. The van der Waals surface area contributed by atoms with E-state index < -0.39 is 0 Å². The van der Waals surface area contributed by atoms with Crippen LogP contribution in [-0.2, 0) is 11.2 Å². The maximum Gasteiger partial charge on any atom is 0.226 e. The molecule has 122 valence electrons. The number of rotatable bonds is 4. The Morgan fingerprint density at radius 3 is 3.00 bits per heavy atom. The van der Waals surface area contributed by atoms with Crippen LogP contribution in [0, 0.1) is 0 Å². The highest BCUT2D eigenvalue weighted by molar-refractivity contribution is 5.86. The molecule has 0 saturated carbocycles. The van der Waals surface area contributed by atoms with Gasteiger partial charge in [-0.1, -0.05) is 23.4 Å². The number of hydrogen-bond acceptors (Lipinski definition) is 5. The van der Waals surface area contributed by atoms with E-state index in [9.17, 15) is 4.79 Å². The molecule has 3 aromatic rings. The van der Waals surface area contributed by atoms with Gasteiger partial charge >= 0.3 is 0 Å². The number of amides is 1. The molecular weight excluding hydrogens is 304 g/mol. The Bertz CT molecular complexity index is 846. The summed E-state index contributed by atoms with van der Waals surface area (Å²) in [7, 11) is 0. The van der Waals surface area contributed by atoms with Crippen molar-refractivity contribution in [2.45, 2.75) is 18.9 Å². The van der Waals surface area contributed by atoms with E-state index in [1.807, 2.05) is 42.5 Å². The number of hydrogen-bond donors (Lipinski definition) is 1. The third kappa shape index (κ3) is 2.95. The van der Waals surface area contributed by atoms with Crippen LogP contribution in [0.1, 0.15) is 12.1 Å². The molecule has 6 heteroatoms. The van der Waals surface area contributed by atoms with Crippen molar-refractivity contribution < 1.29 is 9.32 Å². The number of para-hydroxylation sites is 1. The Labute approximate surface area is 139 Å². The monoisotopic (exact) mass is 322 g/mol. The van der Waals surface area contributed by atoms with Crippen LogP contribution in [0.15, 0.2) is 53.2 Å². The molecule has 0 spiro atoms. The summed E-state index contributed by atoms with van der Waals surface area (Å²) in [5.41, 5.74) is 1.39. The number of nitrogens with zero attached hydrogens (tertiary/aromatic N) is 3. The standard InChI is InChI=1S/C18H18N4O2/c23-18(11-15-14-5-1-2-6-16(14)24-21-15)20-13-8-10-22(12-13)17-7-3-4-9-19-17/h1-7,9,13H,8,10-12H2,(H,20,23). The summed E-state index contributed by atoms with van der Waals surface area (Å²) in [5, 5.41) is 8.01. The van der Waals surface area contributed by atoms with Gasteiger partial charge in [-0.25, -0.2) is 4.98 Å². The summed E-state index contributed by atoms with van der Waals surface area (Å²) in [5.74, 6) is 0.929.